The zero-order chi connectivity index (χ0) is 14.0. The number of aromatic nitrogens is 1. The fraction of sp³-hybridized carbons (Fsp3) is 0.231. The van der Waals surface area contributed by atoms with E-state index in [1.54, 1.807) is 12.1 Å². The number of hydrogen-bond donors (Lipinski definition) is 2. The summed E-state index contributed by atoms with van der Waals surface area (Å²) in [4.78, 5) is 16.4. The molecule has 0 aliphatic rings. The SMILES string of the molecule is Cc1ccc(C(=O)O)c(NC(C)c2ccc(Cl)s2)n1. The highest BCUT2D eigenvalue weighted by atomic mass is 35.5. The van der Waals surface area contributed by atoms with Crippen molar-refractivity contribution in [1.82, 2.24) is 4.98 Å². The normalized spacial score (nSPS) is 12.2. The summed E-state index contributed by atoms with van der Waals surface area (Å²) in [5, 5.41) is 12.3. The van der Waals surface area contributed by atoms with Gasteiger partial charge in [-0.25, -0.2) is 9.78 Å². The number of halogens is 1. The second-order valence-corrected chi connectivity index (χ2v) is 5.91. The summed E-state index contributed by atoms with van der Waals surface area (Å²) >= 11 is 7.36. The summed E-state index contributed by atoms with van der Waals surface area (Å²) in [5.41, 5.74) is 0.934. The van der Waals surface area contributed by atoms with Gasteiger partial charge in [0.2, 0.25) is 0 Å². The molecule has 0 aromatic carbocycles. The van der Waals surface area contributed by atoms with Crippen LogP contribution in [-0.2, 0) is 0 Å². The van der Waals surface area contributed by atoms with E-state index in [4.69, 9.17) is 16.7 Å². The van der Waals surface area contributed by atoms with Gasteiger partial charge in [-0.1, -0.05) is 11.6 Å². The molecule has 0 saturated carbocycles. The number of anilines is 1. The number of rotatable bonds is 4. The fourth-order valence-corrected chi connectivity index (χ4v) is 2.74. The Hall–Kier alpha value is -1.59. The lowest BCUT2D eigenvalue weighted by molar-refractivity contribution is 0.0697. The van der Waals surface area contributed by atoms with E-state index < -0.39 is 5.97 Å². The first-order chi connectivity index (χ1) is 8.97. The Labute approximate surface area is 120 Å². The Morgan fingerprint density at radius 1 is 1.42 bits per heavy atom. The van der Waals surface area contributed by atoms with Crippen molar-refractivity contribution in [3.63, 3.8) is 0 Å². The highest BCUT2D eigenvalue weighted by molar-refractivity contribution is 7.16. The summed E-state index contributed by atoms with van der Waals surface area (Å²) in [7, 11) is 0. The molecule has 0 aliphatic heterocycles. The van der Waals surface area contributed by atoms with Crippen molar-refractivity contribution >= 4 is 34.7 Å². The summed E-state index contributed by atoms with van der Waals surface area (Å²) in [6.45, 7) is 3.77. The predicted molar refractivity (Wildman–Crippen MR) is 77.3 cm³/mol. The number of pyridine rings is 1. The number of nitrogens with one attached hydrogen (secondary N) is 1. The van der Waals surface area contributed by atoms with Crippen LogP contribution in [-0.4, -0.2) is 16.1 Å². The molecule has 2 heterocycles. The molecule has 2 N–H and O–H groups in total. The maximum Gasteiger partial charge on any atom is 0.339 e. The first kappa shape index (κ1) is 13.8. The van der Waals surface area contributed by atoms with E-state index in [9.17, 15) is 4.79 Å². The van der Waals surface area contributed by atoms with Gasteiger partial charge >= 0.3 is 5.97 Å². The molecule has 0 fully saturated rings. The lowest BCUT2D eigenvalue weighted by Gasteiger charge is -2.15. The summed E-state index contributed by atoms with van der Waals surface area (Å²) in [6, 6.07) is 6.93. The average Bonchev–Trinajstić information content (AvgIpc) is 2.75. The van der Waals surface area contributed by atoms with Gasteiger partial charge in [0.25, 0.3) is 0 Å². The molecule has 1 unspecified atom stereocenters. The Bertz CT molecular complexity index is 612. The third-order valence-electron chi connectivity index (χ3n) is 2.64. The Morgan fingerprint density at radius 3 is 2.74 bits per heavy atom. The van der Waals surface area contributed by atoms with E-state index >= 15 is 0 Å². The van der Waals surface area contributed by atoms with E-state index in [0.29, 0.717) is 10.2 Å². The quantitative estimate of drug-likeness (QED) is 0.896. The number of aromatic carboxylic acids is 1. The number of carboxylic acid groups (broad SMARTS) is 1. The topological polar surface area (TPSA) is 62.2 Å². The van der Waals surface area contributed by atoms with Crippen LogP contribution < -0.4 is 5.32 Å². The van der Waals surface area contributed by atoms with Crippen molar-refractivity contribution in [2.45, 2.75) is 19.9 Å². The number of nitrogens with zero attached hydrogens (tertiary/aromatic N) is 1. The lowest BCUT2D eigenvalue weighted by atomic mass is 10.2. The summed E-state index contributed by atoms with van der Waals surface area (Å²) < 4.78 is 0.708. The molecule has 2 aromatic rings. The molecular formula is C13H13ClN2O2S. The first-order valence-electron chi connectivity index (χ1n) is 5.70. The van der Waals surface area contributed by atoms with Crippen molar-refractivity contribution in [2.75, 3.05) is 5.32 Å². The fourth-order valence-electron chi connectivity index (χ4n) is 1.68. The van der Waals surface area contributed by atoms with E-state index in [1.807, 2.05) is 26.0 Å². The molecule has 2 aromatic heterocycles. The maximum absolute atomic E-state index is 11.2. The van der Waals surface area contributed by atoms with Gasteiger partial charge in [-0.2, -0.15) is 0 Å². The Morgan fingerprint density at radius 2 is 2.16 bits per heavy atom. The van der Waals surface area contributed by atoms with Crippen molar-refractivity contribution in [2.24, 2.45) is 0 Å². The monoisotopic (exact) mass is 296 g/mol. The van der Waals surface area contributed by atoms with Gasteiger partial charge in [-0.15, -0.1) is 11.3 Å². The largest absolute Gasteiger partial charge is 0.478 e. The van der Waals surface area contributed by atoms with E-state index in [2.05, 4.69) is 10.3 Å². The molecular weight excluding hydrogens is 284 g/mol. The van der Waals surface area contributed by atoms with Crippen molar-refractivity contribution in [3.05, 3.63) is 44.7 Å². The number of carbonyl (C=O) groups is 1. The maximum atomic E-state index is 11.2. The molecule has 100 valence electrons. The number of hydrogen-bond acceptors (Lipinski definition) is 4. The van der Waals surface area contributed by atoms with E-state index in [0.717, 1.165) is 10.6 Å². The standard InChI is InChI=1S/C13H13ClN2O2S/c1-7-3-4-9(13(17)18)12(15-7)16-8(2)10-5-6-11(14)19-10/h3-6,8H,1-2H3,(H,15,16)(H,17,18). The van der Waals surface area contributed by atoms with Crippen LogP contribution in [0.25, 0.3) is 0 Å². The molecule has 1 atom stereocenters. The van der Waals surface area contributed by atoms with Crippen LogP contribution in [0.2, 0.25) is 4.34 Å². The number of thiophene rings is 1. The second kappa shape index (κ2) is 5.59. The number of aryl methyl sites for hydroxylation is 1. The minimum Gasteiger partial charge on any atom is -0.478 e. The lowest BCUT2D eigenvalue weighted by Crippen LogP contribution is -2.12. The molecule has 0 amide bonds. The molecule has 2 rings (SSSR count). The van der Waals surface area contributed by atoms with Crippen molar-refractivity contribution < 1.29 is 9.90 Å². The highest BCUT2D eigenvalue weighted by Gasteiger charge is 2.15. The first-order valence-corrected chi connectivity index (χ1v) is 6.89. The molecule has 6 heteroatoms. The van der Waals surface area contributed by atoms with Gasteiger partial charge in [-0.3, -0.25) is 0 Å². The van der Waals surface area contributed by atoms with E-state index in [-0.39, 0.29) is 11.6 Å². The molecule has 0 saturated heterocycles. The molecule has 19 heavy (non-hydrogen) atoms. The molecule has 0 bridgehead atoms. The predicted octanol–water partition coefficient (Wildman–Crippen LogP) is 3.98. The van der Waals surface area contributed by atoms with E-state index in [1.165, 1.54) is 11.3 Å². The van der Waals surface area contributed by atoms with Crippen LogP contribution in [0.1, 0.15) is 33.9 Å². The van der Waals surface area contributed by atoms with Crippen LogP contribution in [0.5, 0.6) is 0 Å². The van der Waals surface area contributed by atoms with Gasteiger partial charge < -0.3 is 10.4 Å². The molecule has 4 nitrogen and oxygen atoms in total. The smallest absolute Gasteiger partial charge is 0.339 e. The second-order valence-electron chi connectivity index (χ2n) is 4.16. The average molecular weight is 297 g/mol. The van der Waals surface area contributed by atoms with Crippen LogP contribution in [0.3, 0.4) is 0 Å². The Balaban J connectivity index is 2.27. The Kier molecular flexibility index (Phi) is 4.07. The third kappa shape index (κ3) is 3.24. The van der Waals surface area contributed by atoms with Gasteiger partial charge in [0.05, 0.1) is 10.4 Å². The van der Waals surface area contributed by atoms with Gasteiger partial charge in [0, 0.05) is 10.6 Å². The molecule has 0 radical (unpaired) electrons. The minimum absolute atomic E-state index is 0.0510. The third-order valence-corrected chi connectivity index (χ3v) is 4.05. The van der Waals surface area contributed by atoms with Gasteiger partial charge in [0.15, 0.2) is 0 Å². The summed E-state index contributed by atoms with van der Waals surface area (Å²) in [5.74, 6) is -0.615. The minimum atomic E-state index is -0.994. The summed E-state index contributed by atoms with van der Waals surface area (Å²) in [6.07, 6.45) is 0. The van der Waals surface area contributed by atoms with Crippen LogP contribution in [0.4, 0.5) is 5.82 Å². The zero-order valence-corrected chi connectivity index (χ0v) is 12.0. The van der Waals surface area contributed by atoms with Crippen molar-refractivity contribution in [1.29, 1.82) is 0 Å². The van der Waals surface area contributed by atoms with Crippen LogP contribution >= 0.6 is 22.9 Å². The van der Waals surface area contributed by atoms with Gasteiger partial charge in [-0.05, 0) is 38.1 Å². The molecule has 0 aliphatic carbocycles. The number of carboxylic acids is 1. The van der Waals surface area contributed by atoms with Crippen LogP contribution in [0.15, 0.2) is 24.3 Å². The van der Waals surface area contributed by atoms with Crippen molar-refractivity contribution in [3.8, 4) is 0 Å². The zero-order valence-electron chi connectivity index (χ0n) is 10.5. The highest BCUT2D eigenvalue weighted by Crippen LogP contribution is 2.29. The van der Waals surface area contributed by atoms with Gasteiger partial charge in [0.1, 0.15) is 11.4 Å². The molecule has 0 spiro atoms. The van der Waals surface area contributed by atoms with Crippen LogP contribution in [0, 0.1) is 6.92 Å².